The predicted molar refractivity (Wildman–Crippen MR) is 88.1 cm³/mol. The van der Waals surface area contributed by atoms with Gasteiger partial charge in [-0.05, 0) is 83.0 Å². The Morgan fingerprint density at radius 1 is 0.850 bits per heavy atom. The van der Waals surface area contributed by atoms with Gasteiger partial charge in [0.05, 0.1) is 0 Å². The standard InChI is InChI=1S/C18H36N2/c1-5-16(4)20-12-8-18(9-13-20)17-6-10-19(11-7-17)14-15(2)3/h15-18H,5-14H2,1-4H3. The van der Waals surface area contributed by atoms with Crippen molar-refractivity contribution in [3.05, 3.63) is 0 Å². The Bertz CT molecular complexity index is 261. The van der Waals surface area contributed by atoms with Crippen LogP contribution in [-0.4, -0.2) is 48.6 Å². The van der Waals surface area contributed by atoms with Crippen LogP contribution in [0.4, 0.5) is 0 Å². The minimum absolute atomic E-state index is 0.795. The minimum Gasteiger partial charge on any atom is -0.303 e. The Labute approximate surface area is 126 Å². The number of nitrogens with zero attached hydrogens (tertiary/aromatic N) is 2. The molecule has 2 rings (SSSR count). The lowest BCUT2D eigenvalue weighted by Gasteiger charge is -2.42. The molecular formula is C18H36N2. The third-order valence-corrected chi connectivity index (χ3v) is 5.71. The van der Waals surface area contributed by atoms with Gasteiger partial charge in [-0.2, -0.15) is 0 Å². The Hall–Kier alpha value is -0.0800. The van der Waals surface area contributed by atoms with Gasteiger partial charge in [0.15, 0.2) is 0 Å². The van der Waals surface area contributed by atoms with E-state index >= 15 is 0 Å². The van der Waals surface area contributed by atoms with Crippen LogP contribution in [0, 0.1) is 17.8 Å². The van der Waals surface area contributed by atoms with Crippen molar-refractivity contribution in [2.24, 2.45) is 17.8 Å². The summed E-state index contributed by atoms with van der Waals surface area (Å²) >= 11 is 0. The predicted octanol–water partition coefficient (Wildman–Crippen LogP) is 3.86. The van der Waals surface area contributed by atoms with Crippen LogP contribution < -0.4 is 0 Å². The number of hydrogen-bond donors (Lipinski definition) is 0. The Morgan fingerprint density at radius 2 is 1.35 bits per heavy atom. The summed E-state index contributed by atoms with van der Waals surface area (Å²) in [6.45, 7) is 16.1. The van der Waals surface area contributed by atoms with E-state index in [9.17, 15) is 0 Å². The topological polar surface area (TPSA) is 6.48 Å². The van der Waals surface area contributed by atoms with Crippen molar-refractivity contribution in [3.8, 4) is 0 Å². The molecule has 0 aliphatic carbocycles. The van der Waals surface area contributed by atoms with Gasteiger partial charge in [-0.25, -0.2) is 0 Å². The highest BCUT2D eigenvalue weighted by Gasteiger charge is 2.30. The molecule has 0 radical (unpaired) electrons. The zero-order valence-corrected chi connectivity index (χ0v) is 14.3. The smallest absolute Gasteiger partial charge is 0.00643 e. The van der Waals surface area contributed by atoms with Crippen molar-refractivity contribution < 1.29 is 0 Å². The van der Waals surface area contributed by atoms with Gasteiger partial charge >= 0.3 is 0 Å². The second-order valence-electron chi connectivity index (χ2n) is 7.66. The maximum absolute atomic E-state index is 2.71. The van der Waals surface area contributed by atoms with Crippen molar-refractivity contribution in [2.45, 2.75) is 65.8 Å². The molecule has 0 amide bonds. The Morgan fingerprint density at radius 3 is 1.80 bits per heavy atom. The lowest BCUT2D eigenvalue weighted by molar-refractivity contribution is 0.0763. The molecule has 0 N–H and O–H groups in total. The average molecular weight is 280 g/mol. The third-order valence-electron chi connectivity index (χ3n) is 5.71. The summed E-state index contributed by atoms with van der Waals surface area (Å²) in [4.78, 5) is 5.40. The van der Waals surface area contributed by atoms with E-state index in [0.29, 0.717) is 0 Å². The van der Waals surface area contributed by atoms with Crippen LogP contribution in [0.3, 0.4) is 0 Å². The fourth-order valence-electron chi connectivity index (χ4n) is 4.21. The van der Waals surface area contributed by atoms with E-state index in [4.69, 9.17) is 0 Å². The summed E-state index contributed by atoms with van der Waals surface area (Å²) in [5.41, 5.74) is 0. The molecule has 2 heteroatoms. The van der Waals surface area contributed by atoms with Gasteiger partial charge in [0.25, 0.3) is 0 Å². The van der Waals surface area contributed by atoms with E-state index < -0.39 is 0 Å². The summed E-state index contributed by atoms with van der Waals surface area (Å²) in [5.74, 6) is 2.87. The summed E-state index contributed by atoms with van der Waals surface area (Å²) in [7, 11) is 0. The molecule has 2 fully saturated rings. The second-order valence-corrected chi connectivity index (χ2v) is 7.66. The molecule has 2 nitrogen and oxygen atoms in total. The summed E-state index contributed by atoms with van der Waals surface area (Å²) in [6, 6.07) is 0.795. The van der Waals surface area contributed by atoms with Crippen LogP contribution in [0.25, 0.3) is 0 Å². The van der Waals surface area contributed by atoms with Crippen LogP contribution in [-0.2, 0) is 0 Å². The second kappa shape index (κ2) is 7.79. The van der Waals surface area contributed by atoms with Crippen molar-refractivity contribution in [2.75, 3.05) is 32.7 Å². The monoisotopic (exact) mass is 280 g/mol. The van der Waals surface area contributed by atoms with Gasteiger partial charge < -0.3 is 9.80 Å². The van der Waals surface area contributed by atoms with Crippen LogP contribution in [0.2, 0.25) is 0 Å². The van der Waals surface area contributed by atoms with E-state index in [1.165, 1.54) is 64.8 Å². The molecular weight excluding hydrogens is 244 g/mol. The van der Waals surface area contributed by atoms with Gasteiger partial charge in [-0.1, -0.05) is 20.8 Å². The van der Waals surface area contributed by atoms with Crippen LogP contribution >= 0.6 is 0 Å². The molecule has 0 spiro atoms. The first-order chi connectivity index (χ1) is 9.60. The molecule has 0 aromatic carbocycles. The first kappa shape index (κ1) is 16.3. The molecule has 1 atom stereocenters. The van der Waals surface area contributed by atoms with Crippen LogP contribution in [0.1, 0.15) is 59.8 Å². The van der Waals surface area contributed by atoms with Gasteiger partial charge in [0.2, 0.25) is 0 Å². The minimum atomic E-state index is 0.795. The van der Waals surface area contributed by atoms with Crippen LogP contribution in [0.15, 0.2) is 0 Å². The molecule has 0 bridgehead atoms. The number of hydrogen-bond acceptors (Lipinski definition) is 2. The largest absolute Gasteiger partial charge is 0.303 e. The first-order valence-corrected chi connectivity index (χ1v) is 9.06. The van der Waals surface area contributed by atoms with Gasteiger partial charge in [0, 0.05) is 12.6 Å². The van der Waals surface area contributed by atoms with Gasteiger partial charge in [0.1, 0.15) is 0 Å². The molecule has 2 heterocycles. The summed E-state index contributed by atoms with van der Waals surface area (Å²) < 4.78 is 0. The maximum atomic E-state index is 2.71. The first-order valence-electron chi connectivity index (χ1n) is 9.06. The van der Waals surface area contributed by atoms with E-state index in [0.717, 1.165) is 23.8 Å². The van der Waals surface area contributed by atoms with Gasteiger partial charge in [-0.15, -0.1) is 0 Å². The molecule has 118 valence electrons. The quantitative estimate of drug-likeness (QED) is 0.754. The number of likely N-dealkylation sites (tertiary alicyclic amines) is 2. The zero-order valence-electron chi connectivity index (χ0n) is 14.3. The van der Waals surface area contributed by atoms with Crippen molar-refractivity contribution in [1.82, 2.24) is 9.80 Å². The normalized spacial score (nSPS) is 26.2. The molecule has 2 aliphatic rings. The zero-order chi connectivity index (χ0) is 14.5. The van der Waals surface area contributed by atoms with E-state index in [-0.39, 0.29) is 0 Å². The molecule has 1 unspecified atom stereocenters. The van der Waals surface area contributed by atoms with Crippen molar-refractivity contribution in [3.63, 3.8) is 0 Å². The molecule has 2 saturated heterocycles. The van der Waals surface area contributed by atoms with E-state index in [2.05, 4.69) is 37.5 Å². The SMILES string of the molecule is CCC(C)N1CCC(C2CCN(CC(C)C)CC2)CC1. The lowest BCUT2D eigenvalue weighted by Crippen LogP contribution is -2.43. The van der Waals surface area contributed by atoms with Crippen molar-refractivity contribution >= 4 is 0 Å². The molecule has 0 saturated carbocycles. The van der Waals surface area contributed by atoms with Gasteiger partial charge in [-0.3, -0.25) is 0 Å². The Kier molecular flexibility index (Phi) is 6.35. The molecule has 0 aromatic rings. The average Bonchev–Trinajstić information content (AvgIpc) is 2.47. The van der Waals surface area contributed by atoms with Crippen molar-refractivity contribution in [1.29, 1.82) is 0 Å². The van der Waals surface area contributed by atoms with E-state index in [1.54, 1.807) is 0 Å². The van der Waals surface area contributed by atoms with Crippen LogP contribution in [0.5, 0.6) is 0 Å². The highest BCUT2D eigenvalue weighted by atomic mass is 15.2. The number of rotatable bonds is 5. The molecule has 2 aliphatic heterocycles. The van der Waals surface area contributed by atoms with E-state index in [1.807, 2.05) is 0 Å². The fraction of sp³-hybridized carbons (Fsp3) is 1.00. The summed E-state index contributed by atoms with van der Waals surface area (Å²) in [5, 5.41) is 0. The highest BCUT2D eigenvalue weighted by Crippen LogP contribution is 2.33. The summed E-state index contributed by atoms with van der Waals surface area (Å²) in [6.07, 6.45) is 7.14. The highest BCUT2D eigenvalue weighted by molar-refractivity contribution is 4.83. The lowest BCUT2D eigenvalue weighted by atomic mass is 9.78. The number of piperidine rings is 2. The molecule has 20 heavy (non-hydrogen) atoms. The third kappa shape index (κ3) is 4.46. The maximum Gasteiger partial charge on any atom is 0.00643 e. The Balaban J connectivity index is 1.70. The molecule has 0 aromatic heterocycles. The fourth-order valence-corrected chi connectivity index (χ4v) is 4.21.